The van der Waals surface area contributed by atoms with E-state index in [9.17, 15) is 4.79 Å². The van der Waals surface area contributed by atoms with E-state index in [-0.39, 0.29) is 11.9 Å². The normalized spacial score (nSPS) is 17.6. The molecule has 8 heteroatoms. The molecule has 8 nitrogen and oxygen atoms in total. The lowest BCUT2D eigenvalue weighted by Gasteiger charge is -2.34. The van der Waals surface area contributed by atoms with E-state index in [1.807, 2.05) is 18.0 Å². The van der Waals surface area contributed by atoms with Crippen LogP contribution in [-0.2, 0) is 4.74 Å². The first kappa shape index (κ1) is 16.3. The topological polar surface area (TPSA) is 84.3 Å². The summed E-state index contributed by atoms with van der Waals surface area (Å²) < 4.78 is 5.56. The lowest BCUT2D eigenvalue weighted by Crippen LogP contribution is -2.44. The zero-order valence-electron chi connectivity index (χ0n) is 13.8. The summed E-state index contributed by atoms with van der Waals surface area (Å²) in [6.07, 6.45) is 6.23. The largest absolute Gasteiger partial charge is 0.377 e. The van der Waals surface area contributed by atoms with Crippen molar-refractivity contribution in [3.63, 3.8) is 0 Å². The third-order valence-electron chi connectivity index (χ3n) is 3.99. The van der Waals surface area contributed by atoms with Crippen molar-refractivity contribution >= 4 is 11.7 Å². The van der Waals surface area contributed by atoms with Gasteiger partial charge in [-0.2, -0.15) is 0 Å². The Morgan fingerprint density at radius 2 is 2.25 bits per heavy atom. The minimum Gasteiger partial charge on any atom is -0.377 e. The predicted octanol–water partition coefficient (Wildman–Crippen LogP) is 0.936. The van der Waals surface area contributed by atoms with Gasteiger partial charge in [-0.25, -0.2) is 15.0 Å². The maximum Gasteiger partial charge on any atom is 0.274 e. The summed E-state index contributed by atoms with van der Waals surface area (Å²) in [5.41, 5.74) is 0.311. The number of anilines is 1. The summed E-state index contributed by atoms with van der Waals surface area (Å²) in [5, 5.41) is 0. The average molecular weight is 328 g/mol. The van der Waals surface area contributed by atoms with Gasteiger partial charge in [0, 0.05) is 38.7 Å². The van der Waals surface area contributed by atoms with Crippen molar-refractivity contribution in [2.45, 2.75) is 13.0 Å². The molecule has 0 saturated carbocycles. The third kappa shape index (κ3) is 3.33. The van der Waals surface area contributed by atoms with Crippen LogP contribution in [0.4, 0.5) is 5.82 Å². The van der Waals surface area contributed by atoms with Gasteiger partial charge in [-0.05, 0) is 13.0 Å². The first-order valence-electron chi connectivity index (χ1n) is 7.89. The number of carbonyl (C=O) groups excluding carboxylic acids is 1. The van der Waals surface area contributed by atoms with Crippen molar-refractivity contribution in [1.29, 1.82) is 0 Å². The van der Waals surface area contributed by atoms with Crippen LogP contribution in [0.5, 0.6) is 0 Å². The van der Waals surface area contributed by atoms with Crippen LogP contribution in [0.25, 0.3) is 0 Å². The number of rotatable bonds is 4. The predicted molar refractivity (Wildman–Crippen MR) is 87.6 cm³/mol. The number of morpholine rings is 1. The highest BCUT2D eigenvalue weighted by Gasteiger charge is 2.32. The summed E-state index contributed by atoms with van der Waals surface area (Å²) in [6.45, 7) is 4.20. The van der Waals surface area contributed by atoms with Crippen molar-refractivity contribution in [3.8, 4) is 0 Å². The molecule has 0 spiro atoms. The van der Waals surface area contributed by atoms with Crippen LogP contribution in [0.3, 0.4) is 0 Å². The molecule has 1 amide bonds. The molecular formula is C16H20N6O2. The lowest BCUT2D eigenvalue weighted by molar-refractivity contribution is -0.00553. The number of nitrogens with zero attached hydrogens (tertiary/aromatic N) is 6. The third-order valence-corrected chi connectivity index (χ3v) is 3.99. The van der Waals surface area contributed by atoms with Crippen LogP contribution >= 0.6 is 0 Å². The van der Waals surface area contributed by atoms with Gasteiger partial charge in [-0.3, -0.25) is 9.78 Å². The average Bonchev–Trinajstić information content (AvgIpc) is 2.67. The molecule has 1 atom stereocenters. The fraction of sp³-hybridized carbons (Fsp3) is 0.438. The second-order valence-corrected chi connectivity index (χ2v) is 5.47. The van der Waals surface area contributed by atoms with Crippen molar-refractivity contribution in [3.05, 3.63) is 42.4 Å². The van der Waals surface area contributed by atoms with Gasteiger partial charge in [0.1, 0.15) is 17.6 Å². The molecule has 2 aromatic rings. The monoisotopic (exact) mass is 328 g/mol. The van der Waals surface area contributed by atoms with Gasteiger partial charge < -0.3 is 14.5 Å². The minimum atomic E-state index is -0.335. The highest BCUT2D eigenvalue weighted by Crippen LogP contribution is 2.24. The van der Waals surface area contributed by atoms with Crippen LogP contribution in [0, 0.1) is 0 Å². The molecule has 126 valence electrons. The maximum atomic E-state index is 12.8. The molecule has 0 bridgehead atoms. The van der Waals surface area contributed by atoms with Gasteiger partial charge in [0.25, 0.3) is 5.91 Å². The Balaban J connectivity index is 1.89. The fourth-order valence-electron chi connectivity index (χ4n) is 2.52. The first-order valence-corrected chi connectivity index (χ1v) is 7.89. The molecule has 0 N–H and O–H groups in total. The molecule has 1 aliphatic rings. The van der Waals surface area contributed by atoms with E-state index in [1.165, 1.54) is 12.4 Å². The molecule has 24 heavy (non-hydrogen) atoms. The Morgan fingerprint density at radius 1 is 1.38 bits per heavy atom. The number of aromatic nitrogens is 4. The van der Waals surface area contributed by atoms with Gasteiger partial charge in [0.2, 0.25) is 0 Å². The van der Waals surface area contributed by atoms with Crippen LogP contribution in [-0.4, -0.2) is 64.1 Å². The van der Waals surface area contributed by atoms with E-state index < -0.39 is 0 Å². The van der Waals surface area contributed by atoms with Gasteiger partial charge in [0.05, 0.1) is 19.4 Å². The van der Waals surface area contributed by atoms with Crippen molar-refractivity contribution in [2.75, 3.05) is 38.3 Å². The Labute approximate surface area is 140 Å². The molecule has 3 heterocycles. The second kappa shape index (κ2) is 7.31. The quantitative estimate of drug-likeness (QED) is 0.825. The van der Waals surface area contributed by atoms with E-state index in [0.29, 0.717) is 31.3 Å². The molecule has 1 saturated heterocycles. The van der Waals surface area contributed by atoms with Crippen LogP contribution in [0.15, 0.2) is 30.9 Å². The summed E-state index contributed by atoms with van der Waals surface area (Å²) in [4.78, 5) is 33.5. The van der Waals surface area contributed by atoms with Crippen LogP contribution in [0.1, 0.15) is 29.3 Å². The van der Waals surface area contributed by atoms with Crippen LogP contribution < -0.4 is 4.90 Å². The standard InChI is InChI=1S/C16H20N6O2/c1-3-21(2)14-4-5-19-15(20-14)13-11-24-9-8-22(13)16(23)12-10-17-6-7-18-12/h4-7,10,13H,3,8-9,11H2,1-2H3/t13-/m0/s1. The molecule has 0 radical (unpaired) electrons. The molecule has 1 fully saturated rings. The van der Waals surface area contributed by atoms with E-state index in [4.69, 9.17) is 4.74 Å². The summed E-state index contributed by atoms with van der Waals surface area (Å²) in [7, 11) is 1.96. The van der Waals surface area contributed by atoms with Gasteiger partial charge >= 0.3 is 0 Å². The lowest BCUT2D eigenvalue weighted by atomic mass is 10.2. The number of amides is 1. The number of hydrogen-bond acceptors (Lipinski definition) is 7. The van der Waals surface area contributed by atoms with E-state index in [1.54, 1.807) is 17.3 Å². The highest BCUT2D eigenvalue weighted by molar-refractivity contribution is 5.92. The summed E-state index contributed by atoms with van der Waals surface area (Å²) in [5.74, 6) is 1.21. The number of ether oxygens (including phenoxy) is 1. The van der Waals surface area contributed by atoms with Crippen molar-refractivity contribution in [1.82, 2.24) is 24.8 Å². The number of carbonyl (C=O) groups is 1. The van der Waals surface area contributed by atoms with Crippen molar-refractivity contribution < 1.29 is 9.53 Å². The molecule has 3 rings (SSSR count). The Morgan fingerprint density at radius 3 is 3.00 bits per heavy atom. The van der Waals surface area contributed by atoms with E-state index in [2.05, 4.69) is 26.9 Å². The van der Waals surface area contributed by atoms with E-state index >= 15 is 0 Å². The maximum absolute atomic E-state index is 12.8. The fourth-order valence-corrected chi connectivity index (χ4v) is 2.52. The Hall–Kier alpha value is -2.61. The highest BCUT2D eigenvalue weighted by atomic mass is 16.5. The second-order valence-electron chi connectivity index (χ2n) is 5.47. The first-order chi connectivity index (χ1) is 11.7. The van der Waals surface area contributed by atoms with Crippen LogP contribution in [0.2, 0.25) is 0 Å². The Bertz CT molecular complexity index is 696. The summed E-state index contributed by atoms with van der Waals surface area (Å²) in [6, 6.07) is 1.52. The SMILES string of the molecule is CCN(C)c1ccnc([C@@H]2COCCN2C(=O)c2cnccn2)n1. The zero-order chi connectivity index (χ0) is 16.9. The van der Waals surface area contributed by atoms with Gasteiger partial charge in [-0.1, -0.05) is 0 Å². The Kier molecular flexibility index (Phi) is 4.95. The molecule has 0 aliphatic carbocycles. The molecule has 1 aliphatic heterocycles. The van der Waals surface area contributed by atoms with Gasteiger partial charge in [0.15, 0.2) is 5.82 Å². The van der Waals surface area contributed by atoms with E-state index in [0.717, 1.165) is 12.4 Å². The smallest absolute Gasteiger partial charge is 0.274 e. The van der Waals surface area contributed by atoms with Gasteiger partial charge in [-0.15, -0.1) is 0 Å². The van der Waals surface area contributed by atoms with Crippen molar-refractivity contribution in [2.24, 2.45) is 0 Å². The number of hydrogen-bond donors (Lipinski definition) is 0. The summed E-state index contributed by atoms with van der Waals surface area (Å²) >= 11 is 0. The molecule has 2 aromatic heterocycles. The molecule has 0 unspecified atom stereocenters. The molecule has 0 aromatic carbocycles. The zero-order valence-corrected chi connectivity index (χ0v) is 13.8. The molecular weight excluding hydrogens is 308 g/mol. The minimum absolute atomic E-state index is 0.186.